The maximum atomic E-state index is 13.8. The quantitative estimate of drug-likeness (QED) is 0.0964. The first kappa shape index (κ1) is 37.3. The molecule has 0 bridgehead atoms. The van der Waals surface area contributed by atoms with Crippen LogP contribution in [0.5, 0.6) is 0 Å². The summed E-state index contributed by atoms with van der Waals surface area (Å²) in [6.07, 6.45) is -12.7. The van der Waals surface area contributed by atoms with E-state index in [9.17, 15) is 57.8 Å². The highest BCUT2D eigenvalue weighted by molar-refractivity contribution is 8.00. The van der Waals surface area contributed by atoms with E-state index in [0.717, 1.165) is 12.1 Å². The summed E-state index contributed by atoms with van der Waals surface area (Å²) in [7, 11) is 0. The number of halogens is 4. The van der Waals surface area contributed by atoms with Gasteiger partial charge in [0.25, 0.3) is 0 Å². The van der Waals surface area contributed by atoms with E-state index in [-0.39, 0.29) is 33.1 Å². The average Bonchev–Trinajstić information content (AvgIpc) is 3.09. The topological polar surface area (TPSA) is 219 Å². The molecule has 10 atom stereocenters. The van der Waals surface area contributed by atoms with Crippen molar-refractivity contribution in [3.05, 3.63) is 91.6 Å². The van der Waals surface area contributed by atoms with Crippen molar-refractivity contribution in [3.63, 3.8) is 0 Å². The molecule has 6 N–H and O–H groups in total. The zero-order valence-electron chi connectivity index (χ0n) is 25.9. The van der Waals surface area contributed by atoms with E-state index in [4.69, 9.17) is 27.8 Å². The SMILES string of the molecule is O=c1oc2cc(F)c(F)cc2cc1CO[C@H]1[C@@H](O)[C@@H](CO)O[C@@H](S[C@@H]2O[C@H](CO)[C@H](O)[C@H](OCc3cc4cc(F)c(F)cc4oc3=O)[C@H]2O)[C@@H]1O. The number of benzene rings is 2. The molecule has 2 aliphatic rings. The smallest absolute Gasteiger partial charge is 0.341 e. The number of aliphatic hydroxyl groups is 6. The van der Waals surface area contributed by atoms with Gasteiger partial charge in [0.2, 0.25) is 0 Å². The molecule has 14 nitrogen and oxygen atoms in total. The van der Waals surface area contributed by atoms with Crippen LogP contribution in [-0.2, 0) is 32.2 Å². The average molecular weight is 747 g/mol. The standard InChI is InChI=1S/C32H30F4O14S/c33-15-3-11-1-13(29(43)47-19(11)5-17(15)35)9-45-27-23(39)21(7-37)49-31(25(27)41)51-32-26(42)28(24(40)22(8-38)50-32)46-10-14-2-12-4-16(34)18(36)6-20(12)48-30(14)44/h1-6,21-28,31-32,37-42H,7-10H2/t21-,22-,23+,24+,25-,26-,27+,28+,31+,32+/m1/s1. The summed E-state index contributed by atoms with van der Waals surface area (Å²) in [6, 6.07) is 5.33. The molecule has 2 saturated heterocycles. The Bertz CT molecular complexity index is 1870. The lowest BCUT2D eigenvalue weighted by molar-refractivity contribution is -0.231. The van der Waals surface area contributed by atoms with E-state index in [1.807, 2.05) is 0 Å². The lowest BCUT2D eigenvalue weighted by Gasteiger charge is -2.46. The highest BCUT2D eigenvalue weighted by Gasteiger charge is 2.51. The van der Waals surface area contributed by atoms with Crippen molar-refractivity contribution in [1.29, 1.82) is 0 Å². The minimum atomic E-state index is -1.74. The fourth-order valence-electron chi connectivity index (χ4n) is 5.74. The van der Waals surface area contributed by atoms with E-state index in [2.05, 4.69) is 0 Å². The number of fused-ring (bicyclic) bond motifs is 2. The fraction of sp³-hybridized carbons (Fsp3) is 0.438. The van der Waals surface area contributed by atoms with Crippen molar-refractivity contribution in [2.45, 2.75) is 72.9 Å². The fourth-order valence-corrected chi connectivity index (χ4v) is 7.05. The van der Waals surface area contributed by atoms with Crippen molar-refractivity contribution in [3.8, 4) is 0 Å². The Labute approximate surface area is 287 Å². The van der Waals surface area contributed by atoms with Gasteiger partial charge in [-0.2, -0.15) is 0 Å². The van der Waals surface area contributed by atoms with Crippen LogP contribution >= 0.6 is 11.8 Å². The zero-order chi connectivity index (χ0) is 36.7. The first-order chi connectivity index (χ1) is 24.3. The zero-order valence-corrected chi connectivity index (χ0v) is 26.8. The van der Waals surface area contributed by atoms with E-state index in [0.29, 0.717) is 23.9 Å². The Balaban J connectivity index is 1.18. The largest absolute Gasteiger partial charge is 0.422 e. The summed E-state index contributed by atoms with van der Waals surface area (Å²) in [4.78, 5) is 25.0. The molecular formula is C32H30F4O14S. The number of thioether (sulfide) groups is 1. The Kier molecular flexibility index (Phi) is 11.2. The molecule has 2 fully saturated rings. The second-order valence-electron chi connectivity index (χ2n) is 11.8. The normalized spacial score (nSPS) is 29.9. The molecule has 6 rings (SSSR count). The van der Waals surface area contributed by atoms with Gasteiger partial charge in [0.05, 0.1) is 37.6 Å². The van der Waals surface area contributed by atoms with Gasteiger partial charge in [-0.3, -0.25) is 0 Å². The second kappa shape index (κ2) is 15.2. The van der Waals surface area contributed by atoms with Crippen molar-refractivity contribution >= 4 is 33.7 Å². The van der Waals surface area contributed by atoms with Gasteiger partial charge in [-0.05, 0) is 24.3 Å². The van der Waals surface area contributed by atoms with Crippen molar-refractivity contribution in [2.75, 3.05) is 13.2 Å². The number of aliphatic hydroxyl groups excluding tert-OH is 6. The van der Waals surface area contributed by atoms with Crippen LogP contribution in [0.1, 0.15) is 11.1 Å². The lowest BCUT2D eigenvalue weighted by atomic mass is 9.99. The molecule has 0 saturated carbocycles. The van der Waals surface area contributed by atoms with Gasteiger partial charge in [0.1, 0.15) is 70.9 Å². The van der Waals surface area contributed by atoms with Crippen molar-refractivity contribution in [1.82, 2.24) is 0 Å². The van der Waals surface area contributed by atoms with Gasteiger partial charge in [-0.25, -0.2) is 27.2 Å². The molecule has 0 unspecified atom stereocenters. The highest BCUT2D eigenvalue weighted by Crippen LogP contribution is 2.38. The first-order valence-corrected chi connectivity index (χ1v) is 16.2. The minimum absolute atomic E-state index is 0.0217. The predicted octanol–water partition coefficient (Wildman–Crippen LogP) is 0.538. The van der Waals surface area contributed by atoms with Gasteiger partial charge in [-0.15, -0.1) is 0 Å². The maximum Gasteiger partial charge on any atom is 0.341 e. The van der Waals surface area contributed by atoms with Crippen LogP contribution in [0.2, 0.25) is 0 Å². The third kappa shape index (κ3) is 7.55. The summed E-state index contributed by atoms with van der Waals surface area (Å²) in [5.41, 5.74) is -5.67. The third-order valence-electron chi connectivity index (χ3n) is 8.47. The van der Waals surface area contributed by atoms with Gasteiger partial charge in [0.15, 0.2) is 23.3 Å². The molecule has 4 aromatic rings. The summed E-state index contributed by atoms with van der Waals surface area (Å²) in [5.74, 6) is -4.87. The van der Waals surface area contributed by atoms with Crippen LogP contribution in [0.15, 0.2) is 54.8 Å². The summed E-state index contributed by atoms with van der Waals surface area (Å²) >= 11 is 0.603. The molecule has 19 heteroatoms. The van der Waals surface area contributed by atoms with E-state index >= 15 is 0 Å². The molecular weight excluding hydrogens is 716 g/mol. The van der Waals surface area contributed by atoms with Crippen LogP contribution in [0.3, 0.4) is 0 Å². The molecule has 2 aromatic heterocycles. The first-order valence-electron chi connectivity index (χ1n) is 15.3. The third-order valence-corrected chi connectivity index (χ3v) is 9.79. The van der Waals surface area contributed by atoms with Gasteiger partial charge < -0.3 is 58.4 Å². The van der Waals surface area contributed by atoms with Gasteiger partial charge in [0, 0.05) is 22.9 Å². The maximum absolute atomic E-state index is 13.8. The molecule has 0 amide bonds. The Morgan fingerprint density at radius 3 is 1.33 bits per heavy atom. The number of hydrogen-bond donors (Lipinski definition) is 6. The minimum Gasteiger partial charge on any atom is -0.422 e. The molecule has 51 heavy (non-hydrogen) atoms. The molecule has 2 aliphatic heterocycles. The number of rotatable bonds is 10. The molecule has 0 spiro atoms. The van der Waals surface area contributed by atoms with Crippen LogP contribution in [0.4, 0.5) is 17.6 Å². The van der Waals surface area contributed by atoms with E-state index in [1.165, 1.54) is 12.1 Å². The molecule has 2 aromatic carbocycles. The molecule has 276 valence electrons. The van der Waals surface area contributed by atoms with E-state index in [1.54, 1.807) is 0 Å². The highest BCUT2D eigenvalue weighted by atomic mass is 32.2. The number of ether oxygens (including phenoxy) is 4. The molecule has 0 radical (unpaired) electrons. The Morgan fingerprint density at radius 2 is 0.961 bits per heavy atom. The predicted molar refractivity (Wildman–Crippen MR) is 165 cm³/mol. The van der Waals surface area contributed by atoms with E-state index < -0.39 is 121 Å². The van der Waals surface area contributed by atoms with Gasteiger partial charge in [-0.1, -0.05) is 11.8 Å². The second-order valence-corrected chi connectivity index (χ2v) is 13.0. The van der Waals surface area contributed by atoms with Crippen LogP contribution in [0.25, 0.3) is 21.9 Å². The summed E-state index contributed by atoms with van der Waals surface area (Å²) in [6.45, 7) is -2.77. The number of hydrogen-bond acceptors (Lipinski definition) is 15. The van der Waals surface area contributed by atoms with Crippen molar-refractivity contribution < 1.29 is 76.0 Å². The van der Waals surface area contributed by atoms with Gasteiger partial charge >= 0.3 is 11.3 Å². The molecule has 0 aliphatic carbocycles. The Morgan fingerprint density at radius 1 is 0.588 bits per heavy atom. The van der Waals surface area contributed by atoms with Crippen LogP contribution in [0, 0.1) is 23.3 Å². The lowest BCUT2D eigenvalue weighted by Crippen LogP contribution is -2.61. The summed E-state index contributed by atoms with van der Waals surface area (Å²) < 4.78 is 87.4. The van der Waals surface area contributed by atoms with Crippen LogP contribution in [-0.4, -0.2) is 104 Å². The monoisotopic (exact) mass is 746 g/mol. The van der Waals surface area contributed by atoms with Crippen LogP contribution < -0.4 is 11.3 Å². The van der Waals surface area contributed by atoms with Crippen molar-refractivity contribution in [2.24, 2.45) is 0 Å². The molecule has 4 heterocycles. The Hall–Kier alpha value is -3.47. The summed E-state index contributed by atoms with van der Waals surface area (Å²) in [5, 5.41) is 63.8.